The fourth-order valence-electron chi connectivity index (χ4n) is 3.25. The minimum atomic E-state index is -0.304. The van der Waals surface area contributed by atoms with Gasteiger partial charge in [-0.1, -0.05) is 29.3 Å². The molecular weight excluding hydrogens is 373 g/mol. The van der Waals surface area contributed by atoms with Gasteiger partial charge in [-0.05, 0) is 49.2 Å². The summed E-state index contributed by atoms with van der Waals surface area (Å²) in [6, 6.07) is 9.36. The molecule has 0 atom stereocenters. The lowest BCUT2D eigenvalue weighted by molar-refractivity contribution is 0.0890. The van der Waals surface area contributed by atoms with Gasteiger partial charge >= 0.3 is 5.63 Å². The molecule has 0 N–H and O–H groups in total. The van der Waals surface area contributed by atoms with E-state index in [1.807, 2.05) is 31.2 Å². The number of nitrogens with zero attached hydrogens (tertiary/aromatic N) is 1. The van der Waals surface area contributed by atoms with Gasteiger partial charge < -0.3 is 9.15 Å². The molecule has 0 amide bonds. The summed E-state index contributed by atoms with van der Waals surface area (Å²) in [5.74, 6) is 0.752. The lowest BCUT2D eigenvalue weighted by Crippen LogP contribution is -2.31. The lowest BCUT2D eigenvalue weighted by Gasteiger charge is -2.29. The third-order valence-electron chi connectivity index (χ3n) is 4.88. The molecule has 0 unspecified atom stereocenters. The molecule has 2 aromatic carbocycles. The molecular formula is C20H17Cl2NO3. The summed E-state index contributed by atoms with van der Waals surface area (Å²) in [5, 5.41) is 2.17. The van der Waals surface area contributed by atoms with Gasteiger partial charge in [0, 0.05) is 34.1 Å². The number of aryl methyl sites for hydroxylation is 1. The van der Waals surface area contributed by atoms with Gasteiger partial charge in [0.25, 0.3) is 0 Å². The standard InChI is InChI=1S/C20H17Cl2NO3/c1-11-12(2)20(24)26-19-15(11)5-6-18-16(19)9-23(10-25-18)8-13-3-4-14(21)7-17(13)22/h3-7H,8-10H2,1-2H3. The number of hydrogen-bond donors (Lipinski definition) is 0. The van der Waals surface area contributed by atoms with Gasteiger partial charge in [0.05, 0.1) is 5.56 Å². The van der Waals surface area contributed by atoms with Crippen LogP contribution in [0.15, 0.2) is 39.5 Å². The fourth-order valence-corrected chi connectivity index (χ4v) is 3.72. The van der Waals surface area contributed by atoms with Crippen LogP contribution in [0.5, 0.6) is 5.75 Å². The average molecular weight is 390 g/mol. The van der Waals surface area contributed by atoms with Crippen LogP contribution in [0.3, 0.4) is 0 Å². The molecule has 0 aliphatic carbocycles. The van der Waals surface area contributed by atoms with Gasteiger partial charge in [0.2, 0.25) is 0 Å². The molecule has 0 fully saturated rings. The van der Waals surface area contributed by atoms with Crippen molar-refractivity contribution < 1.29 is 9.15 Å². The highest BCUT2D eigenvalue weighted by Gasteiger charge is 2.23. The van der Waals surface area contributed by atoms with Crippen LogP contribution in [-0.2, 0) is 13.1 Å². The van der Waals surface area contributed by atoms with E-state index in [-0.39, 0.29) is 5.63 Å². The van der Waals surface area contributed by atoms with Crippen molar-refractivity contribution in [2.45, 2.75) is 26.9 Å². The first-order chi connectivity index (χ1) is 12.4. The summed E-state index contributed by atoms with van der Waals surface area (Å²) >= 11 is 12.3. The normalized spacial score (nSPS) is 14.3. The molecule has 2 heterocycles. The van der Waals surface area contributed by atoms with Crippen LogP contribution in [0.2, 0.25) is 10.0 Å². The van der Waals surface area contributed by atoms with Crippen molar-refractivity contribution >= 4 is 34.2 Å². The zero-order valence-corrected chi connectivity index (χ0v) is 15.9. The Morgan fingerprint density at radius 3 is 2.69 bits per heavy atom. The Bertz CT molecular complexity index is 1070. The van der Waals surface area contributed by atoms with E-state index in [0.29, 0.717) is 41.0 Å². The second-order valence-electron chi connectivity index (χ2n) is 6.55. The van der Waals surface area contributed by atoms with E-state index in [1.54, 1.807) is 13.0 Å². The maximum atomic E-state index is 12.1. The summed E-state index contributed by atoms with van der Waals surface area (Å²) in [5.41, 5.74) is 3.73. The number of fused-ring (bicyclic) bond motifs is 3. The zero-order chi connectivity index (χ0) is 18.4. The monoisotopic (exact) mass is 389 g/mol. The van der Waals surface area contributed by atoms with Gasteiger partial charge in [0.15, 0.2) is 0 Å². The van der Waals surface area contributed by atoms with Crippen LogP contribution in [0.4, 0.5) is 0 Å². The number of benzene rings is 2. The molecule has 4 rings (SSSR count). The number of hydrogen-bond acceptors (Lipinski definition) is 4. The predicted molar refractivity (Wildman–Crippen MR) is 103 cm³/mol. The van der Waals surface area contributed by atoms with Crippen molar-refractivity contribution in [2.24, 2.45) is 0 Å². The second-order valence-corrected chi connectivity index (χ2v) is 7.40. The molecule has 0 saturated heterocycles. The maximum absolute atomic E-state index is 12.1. The van der Waals surface area contributed by atoms with Crippen LogP contribution in [0.25, 0.3) is 11.0 Å². The summed E-state index contributed by atoms with van der Waals surface area (Å²) in [6.45, 7) is 5.38. The second kappa shape index (κ2) is 6.62. The molecule has 1 aliphatic rings. The molecule has 3 aromatic rings. The molecule has 4 nitrogen and oxygen atoms in total. The molecule has 26 heavy (non-hydrogen) atoms. The Labute approximate surface area is 160 Å². The Kier molecular flexibility index (Phi) is 4.43. The number of halogens is 2. The SMILES string of the molecule is Cc1c(C)c2ccc3c(c2oc1=O)CN(Cc1ccc(Cl)cc1Cl)CO3. The minimum Gasteiger partial charge on any atom is -0.478 e. The van der Waals surface area contributed by atoms with Crippen molar-refractivity contribution in [1.82, 2.24) is 4.90 Å². The average Bonchev–Trinajstić information content (AvgIpc) is 2.62. The summed E-state index contributed by atoms with van der Waals surface area (Å²) < 4.78 is 11.5. The highest BCUT2D eigenvalue weighted by Crippen LogP contribution is 2.34. The van der Waals surface area contributed by atoms with E-state index in [1.165, 1.54) is 0 Å². The van der Waals surface area contributed by atoms with Crippen molar-refractivity contribution in [3.05, 3.63) is 73.1 Å². The maximum Gasteiger partial charge on any atom is 0.339 e. The van der Waals surface area contributed by atoms with E-state index in [4.69, 9.17) is 32.4 Å². The van der Waals surface area contributed by atoms with Gasteiger partial charge in [-0.15, -0.1) is 0 Å². The quantitative estimate of drug-likeness (QED) is 0.573. The van der Waals surface area contributed by atoms with E-state index in [0.717, 1.165) is 27.8 Å². The van der Waals surface area contributed by atoms with Gasteiger partial charge in [0.1, 0.15) is 18.1 Å². The van der Waals surface area contributed by atoms with Crippen LogP contribution in [-0.4, -0.2) is 11.6 Å². The first-order valence-electron chi connectivity index (χ1n) is 8.29. The van der Waals surface area contributed by atoms with Crippen LogP contribution >= 0.6 is 23.2 Å². The molecule has 6 heteroatoms. The highest BCUT2D eigenvalue weighted by atomic mass is 35.5. The van der Waals surface area contributed by atoms with Gasteiger partial charge in [-0.25, -0.2) is 4.79 Å². The van der Waals surface area contributed by atoms with Crippen molar-refractivity contribution in [3.8, 4) is 5.75 Å². The van der Waals surface area contributed by atoms with Crippen molar-refractivity contribution in [3.63, 3.8) is 0 Å². The summed E-state index contributed by atoms with van der Waals surface area (Å²) in [6.07, 6.45) is 0. The Morgan fingerprint density at radius 2 is 1.92 bits per heavy atom. The molecule has 1 aromatic heterocycles. The van der Waals surface area contributed by atoms with Crippen LogP contribution in [0.1, 0.15) is 22.3 Å². The third-order valence-corrected chi connectivity index (χ3v) is 5.47. The molecule has 0 radical (unpaired) electrons. The summed E-state index contributed by atoms with van der Waals surface area (Å²) in [7, 11) is 0. The first-order valence-corrected chi connectivity index (χ1v) is 9.04. The Balaban J connectivity index is 1.72. The Hall–Kier alpha value is -2.01. The zero-order valence-electron chi connectivity index (χ0n) is 14.4. The molecule has 0 spiro atoms. The van der Waals surface area contributed by atoms with Crippen molar-refractivity contribution in [1.29, 1.82) is 0 Å². The number of rotatable bonds is 2. The minimum absolute atomic E-state index is 0.304. The van der Waals surface area contributed by atoms with Crippen molar-refractivity contribution in [2.75, 3.05) is 6.73 Å². The molecule has 1 aliphatic heterocycles. The van der Waals surface area contributed by atoms with Crippen LogP contribution in [0, 0.1) is 13.8 Å². The molecule has 134 valence electrons. The topological polar surface area (TPSA) is 42.7 Å². The fraction of sp³-hybridized carbons (Fsp3) is 0.250. The molecule has 0 bridgehead atoms. The van der Waals surface area contributed by atoms with Gasteiger partial charge in [-0.3, -0.25) is 4.90 Å². The summed E-state index contributed by atoms with van der Waals surface area (Å²) in [4.78, 5) is 14.2. The smallest absolute Gasteiger partial charge is 0.339 e. The van der Waals surface area contributed by atoms with E-state index < -0.39 is 0 Å². The van der Waals surface area contributed by atoms with E-state index >= 15 is 0 Å². The van der Waals surface area contributed by atoms with Crippen LogP contribution < -0.4 is 10.4 Å². The van der Waals surface area contributed by atoms with Gasteiger partial charge in [-0.2, -0.15) is 0 Å². The predicted octanol–water partition coefficient (Wildman–Crippen LogP) is 5.07. The van der Waals surface area contributed by atoms with E-state index in [2.05, 4.69) is 4.90 Å². The lowest BCUT2D eigenvalue weighted by atomic mass is 10.0. The molecule has 0 saturated carbocycles. The van der Waals surface area contributed by atoms with E-state index in [9.17, 15) is 4.79 Å². The largest absolute Gasteiger partial charge is 0.478 e. The third kappa shape index (κ3) is 2.98. The first kappa shape index (κ1) is 17.4. The Morgan fingerprint density at radius 1 is 1.12 bits per heavy atom. The highest BCUT2D eigenvalue weighted by molar-refractivity contribution is 6.35. The number of ether oxygens (including phenoxy) is 1.